The quantitative estimate of drug-likeness (QED) is 0.597. The number of aromatic carboxylic acids is 1. The Kier molecular flexibility index (Phi) is 3.28. The van der Waals surface area contributed by atoms with Crippen molar-refractivity contribution >= 4 is 27.5 Å². The topological polar surface area (TPSA) is 88.2 Å². The molecule has 0 amide bonds. The minimum Gasteiger partial charge on any atom is -0.504 e. The Labute approximate surface area is 140 Å². The molecule has 7 heteroatoms. The molecule has 0 unspecified atom stereocenters. The molecule has 0 aliphatic rings. The Morgan fingerprint density at radius 3 is 2.67 bits per heavy atom. The van der Waals surface area contributed by atoms with Crippen molar-refractivity contribution < 1.29 is 15.0 Å². The summed E-state index contributed by atoms with van der Waals surface area (Å²) >= 11 is 1.56. The Balaban J connectivity index is 1.95. The second-order valence-electron chi connectivity index (χ2n) is 5.13. The second kappa shape index (κ2) is 5.47. The van der Waals surface area contributed by atoms with Gasteiger partial charge in [-0.2, -0.15) is 5.10 Å². The van der Waals surface area contributed by atoms with Crippen molar-refractivity contribution in [1.29, 1.82) is 0 Å². The highest BCUT2D eigenvalue weighted by Gasteiger charge is 2.18. The number of hydrogen-bond acceptors (Lipinski definition) is 5. The molecule has 6 nitrogen and oxygen atoms in total. The van der Waals surface area contributed by atoms with Gasteiger partial charge in [-0.3, -0.25) is 0 Å². The van der Waals surface area contributed by atoms with Crippen LogP contribution in [0, 0.1) is 0 Å². The number of nitrogens with zero attached hydrogens (tertiary/aromatic N) is 3. The third kappa shape index (κ3) is 2.22. The standard InChI is InChI=1S/C17H11N3O3S/c21-13-8-20(19-16(13)17(22)23)12-6-2-1-4-10(12)11-5-3-7-14-15(11)18-9-24-14/h1-9,21H,(H,22,23). The highest BCUT2D eigenvalue weighted by Crippen LogP contribution is 2.33. The van der Waals surface area contributed by atoms with Crippen molar-refractivity contribution in [3.8, 4) is 22.6 Å². The fraction of sp³-hybridized carbons (Fsp3) is 0. The van der Waals surface area contributed by atoms with Crippen molar-refractivity contribution in [2.24, 2.45) is 0 Å². The van der Waals surface area contributed by atoms with Crippen molar-refractivity contribution in [2.75, 3.05) is 0 Å². The predicted molar refractivity (Wildman–Crippen MR) is 90.8 cm³/mol. The molecule has 2 aromatic carbocycles. The molecule has 2 heterocycles. The van der Waals surface area contributed by atoms with E-state index < -0.39 is 5.97 Å². The van der Waals surface area contributed by atoms with Gasteiger partial charge in [0.2, 0.25) is 5.69 Å². The Morgan fingerprint density at radius 2 is 1.88 bits per heavy atom. The number of carboxylic acid groups (broad SMARTS) is 1. The largest absolute Gasteiger partial charge is 0.504 e. The molecule has 2 aromatic heterocycles. The number of aromatic hydroxyl groups is 1. The minimum atomic E-state index is -1.27. The SMILES string of the molecule is O=C(O)c1nn(-c2ccccc2-c2cccc3scnc23)cc1O. The molecule has 0 saturated heterocycles. The van der Waals surface area contributed by atoms with Crippen LogP contribution in [0.3, 0.4) is 0 Å². The van der Waals surface area contributed by atoms with Gasteiger partial charge in [-0.15, -0.1) is 11.3 Å². The molecule has 0 radical (unpaired) electrons. The molecule has 4 rings (SSSR count). The predicted octanol–water partition coefficient (Wildman–Crippen LogP) is 3.55. The lowest BCUT2D eigenvalue weighted by molar-refractivity contribution is 0.0687. The number of aromatic nitrogens is 3. The van der Waals surface area contributed by atoms with Crippen LogP contribution in [0.15, 0.2) is 54.2 Å². The van der Waals surface area contributed by atoms with Gasteiger partial charge in [0, 0.05) is 11.1 Å². The summed E-state index contributed by atoms with van der Waals surface area (Å²) in [5.41, 5.74) is 4.74. The van der Waals surface area contributed by atoms with Gasteiger partial charge in [0.05, 0.1) is 27.6 Å². The van der Waals surface area contributed by atoms with Gasteiger partial charge in [-0.05, 0) is 12.1 Å². The average molecular weight is 337 g/mol. The normalized spacial score (nSPS) is 11.0. The molecule has 2 N–H and O–H groups in total. The maximum absolute atomic E-state index is 11.1. The number of carbonyl (C=O) groups is 1. The maximum Gasteiger partial charge on any atom is 0.360 e. The van der Waals surface area contributed by atoms with Gasteiger partial charge >= 0.3 is 5.97 Å². The van der Waals surface area contributed by atoms with E-state index in [1.165, 1.54) is 10.9 Å². The van der Waals surface area contributed by atoms with Crippen LogP contribution < -0.4 is 0 Å². The van der Waals surface area contributed by atoms with E-state index in [0.717, 1.165) is 21.3 Å². The van der Waals surface area contributed by atoms with Crippen molar-refractivity contribution in [2.45, 2.75) is 0 Å². The van der Waals surface area contributed by atoms with Gasteiger partial charge in [-0.1, -0.05) is 30.3 Å². The first-order chi connectivity index (χ1) is 11.6. The number of fused-ring (bicyclic) bond motifs is 1. The average Bonchev–Trinajstić information content (AvgIpc) is 3.21. The van der Waals surface area contributed by atoms with Crippen molar-refractivity contribution in [3.63, 3.8) is 0 Å². The fourth-order valence-electron chi connectivity index (χ4n) is 2.65. The number of rotatable bonds is 3. The lowest BCUT2D eigenvalue weighted by Gasteiger charge is -2.10. The molecule has 24 heavy (non-hydrogen) atoms. The first-order valence-electron chi connectivity index (χ1n) is 7.09. The van der Waals surface area contributed by atoms with Gasteiger partial charge < -0.3 is 10.2 Å². The number of benzene rings is 2. The minimum absolute atomic E-state index is 0.371. The van der Waals surface area contributed by atoms with Crippen LogP contribution in [-0.2, 0) is 0 Å². The number of thiazole rings is 1. The van der Waals surface area contributed by atoms with Crippen LogP contribution in [0.25, 0.3) is 27.0 Å². The van der Waals surface area contributed by atoms with Crippen LogP contribution in [0.5, 0.6) is 5.75 Å². The molecule has 0 saturated carbocycles. The Bertz CT molecular complexity index is 1070. The molecule has 0 atom stereocenters. The zero-order chi connectivity index (χ0) is 16.7. The van der Waals surface area contributed by atoms with E-state index in [9.17, 15) is 9.90 Å². The van der Waals surface area contributed by atoms with Gasteiger partial charge in [0.25, 0.3) is 0 Å². The van der Waals surface area contributed by atoms with E-state index in [1.54, 1.807) is 16.8 Å². The summed E-state index contributed by atoms with van der Waals surface area (Å²) in [6.07, 6.45) is 1.30. The Hall–Kier alpha value is -3.19. The van der Waals surface area contributed by atoms with E-state index in [1.807, 2.05) is 42.5 Å². The molecule has 0 fully saturated rings. The third-order valence-electron chi connectivity index (χ3n) is 3.70. The molecule has 0 spiro atoms. The van der Waals surface area contributed by atoms with Gasteiger partial charge in [0.15, 0.2) is 5.75 Å². The van der Waals surface area contributed by atoms with E-state index in [-0.39, 0.29) is 11.4 Å². The van der Waals surface area contributed by atoms with Gasteiger partial charge in [0.1, 0.15) is 0 Å². The molecule has 118 valence electrons. The summed E-state index contributed by atoms with van der Waals surface area (Å²) in [5, 5.41) is 22.9. The van der Waals surface area contributed by atoms with Crippen LogP contribution in [0.1, 0.15) is 10.5 Å². The lowest BCUT2D eigenvalue weighted by Crippen LogP contribution is -2.02. The number of carboxylic acids is 1. The van der Waals surface area contributed by atoms with E-state index in [2.05, 4.69) is 10.1 Å². The molecule has 4 aromatic rings. The summed E-state index contributed by atoms with van der Waals surface area (Å²) in [6.45, 7) is 0. The molecular weight excluding hydrogens is 326 g/mol. The Morgan fingerprint density at radius 1 is 1.08 bits per heavy atom. The molecular formula is C17H11N3O3S. The zero-order valence-electron chi connectivity index (χ0n) is 12.2. The highest BCUT2D eigenvalue weighted by atomic mass is 32.1. The monoisotopic (exact) mass is 337 g/mol. The summed E-state index contributed by atoms with van der Waals surface area (Å²) in [6, 6.07) is 13.4. The summed E-state index contributed by atoms with van der Waals surface area (Å²) < 4.78 is 2.44. The number of hydrogen-bond donors (Lipinski definition) is 2. The summed E-state index contributed by atoms with van der Waals surface area (Å²) in [4.78, 5) is 15.5. The van der Waals surface area contributed by atoms with E-state index in [4.69, 9.17) is 5.11 Å². The van der Waals surface area contributed by atoms with Crippen LogP contribution in [0.2, 0.25) is 0 Å². The van der Waals surface area contributed by atoms with Crippen LogP contribution in [0.4, 0.5) is 0 Å². The van der Waals surface area contributed by atoms with E-state index >= 15 is 0 Å². The second-order valence-corrected chi connectivity index (χ2v) is 6.02. The number of para-hydroxylation sites is 2. The first-order valence-corrected chi connectivity index (χ1v) is 7.97. The molecule has 0 aliphatic carbocycles. The van der Waals surface area contributed by atoms with Crippen molar-refractivity contribution in [1.82, 2.24) is 14.8 Å². The third-order valence-corrected chi connectivity index (χ3v) is 4.49. The molecule has 0 aliphatic heterocycles. The first kappa shape index (κ1) is 14.4. The van der Waals surface area contributed by atoms with Gasteiger partial charge in [-0.25, -0.2) is 14.5 Å². The highest BCUT2D eigenvalue weighted by molar-refractivity contribution is 7.16. The summed E-state index contributed by atoms with van der Waals surface area (Å²) in [5.74, 6) is -1.64. The van der Waals surface area contributed by atoms with Crippen LogP contribution >= 0.6 is 11.3 Å². The smallest absolute Gasteiger partial charge is 0.360 e. The fourth-order valence-corrected chi connectivity index (χ4v) is 3.35. The lowest BCUT2D eigenvalue weighted by atomic mass is 10.0. The zero-order valence-corrected chi connectivity index (χ0v) is 13.1. The summed E-state index contributed by atoms with van der Waals surface area (Å²) in [7, 11) is 0. The maximum atomic E-state index is 11.1. The van der Waals surface area contributed by atoms with Crippen molar-refractivity contribution in [3.05, 3.63) is 59.9 Å². The van der Waals surface area contributed by atoms with E-state index in [0.29, 0.717) is 5.69 Å². The molecule has 0 bridgehead atoms. The van der Waals surface area contributed by atoms with Crippen LogP contribution in [-0.4, -0.2) is 30.9 Å².